The first-order valence-electron chi connectivity index (χ1n) is 33.7. The van der Waals surface area contributed by atoms with Gasteiger partial charge in [-0.25, -0.2) is 0 Å². The Hall–Kier alpha value is -4.45. The second kappa shape index (κ2) is 68.1. The summed E-state index contributed by atoms with van der Waals surface area (Å²) in [6, 6.07) is 0. The van der Waals surface area contributed by atoms with Crippen LogP contribution in [0.5, 0.6) is 0 Å². The lowest BCUT2D eigenvalue weighted by Gasteiger charge is -2.18. The van der Waals surface area contributed by atoms with Gasteiger partial charge in [0.1, 0.15) is 13.2 Å². The Morgan fingerprint density at radius 3 is 0.790 bits per heavy atom. The molecular weight excluding hydrogens is 997 g/mol. The average Bonchev–Trinajstić information content (AvgIpc) is 3.47. The minimum Gasteiger partial charge on any atom is -0.462 e. The predicted molar refractivity (Wildman–Crippen MR) is 353 cm³/mol. The van der Waals surface area contributed by atoms with Crippen molar-refractivity contribution in [3.63, 3.8) is 0 Å². The van der Waals surface area contributed by atoms with E-state index in [0.717, 1.165) is 128 Å². The Balaban J connectivity index is 4.48. The number of carbonyl (C=O) groups excluding carboxylic acids is 3. The van der Waals surface area contributed by atoms with E-state index in [4.69, 9.17) is 14.2 Å². The van der Waals surface area contributed by atoms with Crippen molar-refractivity contribution < 1.29 is 28.6 Å². The van der Waals surface area contributed by atoms with Crippen molar-refractivity contribution in [2.24, 2.45) is 0 Å². The number of rotatable bonds is 60. The number of allylic oxidation sites excluding steroid dienone is 22. The average molecular weight is 1120 g/mol. The maximum absolute atomic E-state index is 12.9. The smallest absolute Gasteiger partial charge is 0.306 e. The number of unbranched alkanes of at least 4 members (excludes halogenated alkanes) is 27. The summed E-state index contributed by atoms with van der Waals surface area (Å²) in [6.45, 7) is 6.39. The fraction of sp³-hybridized carbons (Fsp3) is 0.667. The number of ether oxygens (including phenoxy) is 3. The van der Waals surface area contributed by atoms with Gasteiger partial charge < -0.3 is 14.2 Å². The zero-order valence-corrected chi connectivity index (χ0v) is 52.8. The van der Waals surface area contributed by atoms with Crippen molar-refractivity contribution in [2.45, 2.75) is 309 Å². The van der Waals surface area contributed by atoms with Crippen molar-refractivity contribution >= 4 is 17.9 Å². The van der Waals surface area contributed by atoms with Gasteiger partial charge in [0.25, 0.3) is 0 Å². The summed E-state index contributed by atoms with van der Waals surface area (Å²) in [5.41, 5.74) is 0. The van der Waals surface area contributed by atoms with Gasteiger partial charge in [0.2, 0.25) is 0 Å². The normalized spacial score (nSPS) is 13.0. The first-order chi connectivity index (χ1) is 40.0. The highest BCUT2D eigenvalue weighted by atomic mass is 16.6. The van der Waals surface area contributed by atoms with Crippen LogP contribution < -0.4 is 0 Å². The van der Waals surface area contributed by atoms with Crippen LogP contribution in [0, 0.1) is 0 Å². The molecule has 0 saturated heterocycles. The second-order valence-electron chi connectivity index (χ2n) is 22.0. The third kappa shape index (κ3) is 66.2. The van der Waals surface area contributed by atoms with E-state index >= 15 is 0 Å². The van der Waals surface area contributed by atoms with E-state index in [-0.39, 0.29) is 37.5 Å². The van der Waals surface area contributed by atoms with Gasteiger partial charge in [-0.3, -0.25) is 14.4 Å². The largest absolute Gasteiger partial charge is 0.462 e. The summed E-state index contributed by atoms with van der Waals surface area (Å²) in [5, 5.41) is 0. The van der Waals surface area contributed by atoms with Crippen LogP contribution in [0.1, 0.15) is 303 Å². The van der Waals surface area contributed by atoms with Crippen LogP contribution in [0.25, 0.3) is 0 Å². The molecular formula is C75H124O6. The van der Waals surface area contributed by atoms with E-state index in [1.807, 2.05) is 0 Å². The van der Waals surface area contributed by atoms with Gasteiger partial charge in [-0.15, -0.1) is 0 Å². The molecule has 0 saturated carbocycles. The molecule has 1 unspecified atom stereocenters. The Kier molecular flexibility index (Phi) is 64.3. The van der Waals surface area contributed by atoms with Gasteiger partial charge in [-0.2, -0.15) is 0 Å². The fourth-order valence-electron chi connectivity index (χ4n) is 9.14. The molecule has 0 bridgehead atoms. The molecule has 0 amide bonds. The summed E-state index contributed by atoms with van der Waals surface area (Å²) >= 11 is 0. The minimum absolute atomic E-state index is 0.104. The molecule has 6 heteroatoms. The van der Waals surface area contributed by atoms with Gasteiger partial charge in [-0.1, -0.05) is 283 Å². The molecule has 0 N–H and O–H groups in total. The number of hydrogen-bond donors (Lipinski definition) is 0. The molecule has 0 aliphatic heterocycles. The van der Waals surface area contributed by atoms with Crippen molar-refractivity contribution in [1.82, 2.24) is 0 Å². The van der Waals surface area contributed by atoms with E-state index in [9.17, 15) is 14.4 Å². The number of carbonyl (C=O) groups is 3. The van der Waals surface area contributed by atoms with Crippen molar-refractivity contribution in [3.8, 4) is 0 Å². The monoisotopic (exact) mass is 1120 g/mol. The van der Waals surface area contributed by atoms with Crippen LogP contribution in [0.2, 0.25) is 0 Å². The number of hydrogen-bond acceptors (Lipinski definition) is 6. The van der Waals surface area contributed by atoms with Crippen LogP contribution in [-0.2, 0) is 28.6 Å². The molecule has 0 aromatic carbocycles. The molecule has 0 spiro atoms. The lowest BCUT2D eigenvalue weighted by atomic mass is 10.0. The fourth-order valence-corrected chi connectivity index (χ4v) is 9.14. The maximum atomic E-state index is 12.9. The molecule has 1 atom stereocenters. The van der Waals surface area contributed by atoms with Crippen LogP contribution in [0.3, 0.4) is 0 Å². The van der Waals surface area contributed by atoms with E-state index in [2.05, 4.69) is 154 Å². The third-order valence-electron chi connectivity index (χ3n) is 14.1. The quantitative estimate of drug-likeness (QED) is 0.0261. The van der Waals surface area contributed by atoms with E-state index < -0.39 is 6.10 Å². The highest BCUT2D eigenvalue weighted by molar-refractivity contribution is 5.71. The molecule has 81 heavy (non-hydrogen) atoms. The van der Waals surface area contributed by atoms with Crippen molar-refractivity contribution in [2.75, 3.05) is 13.2 Å². The zero-order valence-electron chi connectivity index (χ0n) is 52.8. The lowest BCUT2D eigenvalue weighted by molar-refractivity contribution is -0.167. The van der Waals surface area contributed by atoms with Crippen LogP contribution in [0.4, 0.5) is 0 Å². The molecule has 460 valence electrons. The number of esters is 3. The van der Waals surface area contributed by atoms with Crippen LogP contribution in [0.15, 0.2) is 134 Å². The first-order valence-corrected chi connectivity index (χ1v) is 33.7. The molecule has 0 aliphatic rings. The van der Waals surface area contributed by atoms with Gasteiger partial charge in [0, 0.05) is 19.3 Å². The van der Waals surface area contributed by atoms with Crippen LogP contribution in [-0.4, -0.2) is 37.2 Å². The Labute approximate surface area is 500 Å². The third-order valence-corrected chi connectivity index (χ3v) is 14.1. The Morgan fingerprint density at radius 2 is 0.481 bits per heavy atom. The van der Waals surface area contributed by atoms with E-state index in [1.54, 1.807) is 0 Å². The standard InChI is InChI=1S/C75H124O6/c1-4-7-10-13-16-19-22-25-28-31-34-36-37-39-41-44-47-50-53-56-59-62-65-68-74(77)80-71-72(70-79-73(76)67-64-61-58-55-52-49-46-43-40-33-30-27-24-21-18-15-12-9-6-3)81-75(78)69-66-63-60-57-54-51-48-45-42-38-35-32-29-26-23-20-17-14-11-8-5-2/h8-9,11-12,17-18,20-21,26-27,29-31,34-35,38,40,43,45,48,54,57,72H,4-7,10,13-16,19,22-25,28,32-33,36-37,39,41-42,44,46-47,49-53,55-56,58-71H2,1-3H3/b11-8-,12-9-,20-17-,21-18-,29-26-,30-27-,34-31-,38-35-,43-40-,48-45-,57-54-. The van der Waals surface area contributed by atoms with E-state index in [1.165, 1.54) is 128 Å². The summed E-state index contributed by atoms with van der Waals surface area (Å²) in [5.74, 6) is -0.957. The van der Waals surface area contributed by atoms with Gasteiger partial charge in [0.05, 0.1) is 0 Å². The van der Waals surface area contributed by atoms with Gasteiger partial charge in [-0.05, 0) is 135 Å². The highest BCUT2D eigenvalue weighted by Gasteiger charge is 2.19. The van der Waals surface area contributed by atoms with Crippen molar-refractivity contribution in [1.29, 1.82) is 0 Å². The molecule has 0 fully saturated rings. The highest BCUT2D eigenvalue weighted by Crippen LogP contribution is 2.16. The van der Waals surface area contributed by atoms with Crippen molar-refractivity contribution in [3.05, 3.63) is 134 Å². The van der Waals surface area contributed by atoms with E-state index in [0.29, 0.717) is 19.3 Å². The topological polar surface area (TPSA) is 78.9 Å². The molecule has 0 rings (SSSR count). The summed E-state index contributed by atoms with van der Waals surface area (Å²) < 4.78 is 16.9. The molecule has 0 aliphatic carbocycles. The first kappa shape index (κ1) is 76.5. The summed E-state index contributed by atoms with van der Waals surface area (Å²) in [6.07, 6.45) is 96.1. The SMILES string of the molecule is CC/C=C\C/C=C\C/C=C\C/C=C\C/C=C\C/C=C\CCCCC(=O)OC(COC(=O)CCCCCCCC/C=C\C/C=C\C/C=C\C/C=C\CC)COC(=O)CCCCCCCCCCCCC/C=C\CCCCCCCCCC. The maximum Gasteiger partial charge on any atom is 0.306 e. The van der Waals surface area contributed by atoms with Crippen LogP contribution >= 0.6 is 0 Å². The molecule has 0 radical (unpaired) electrons. The zero-order chi connectivity index (χ0) is 58.5. The summed E-state index contributed by atoms with van der Waals surface area (Å²) in [7, 11) is 0. The molecule has 0 aromatic rings. The molecule has 0 heterocycles. The lowest BCUT2D eigenvalue weighted by Crippen LogP contribution is -2.30. The molecule has 0 aromatic heterocycles. The van der Waals surface area contributed by atoms with Gasteiger partial charge in [0.15, 0.2) is 6.10 Å². The summed E-state index contributed by atoms with van der Waals surface area (Å²) in [4.78, 5) is 38.4. The van der Waals surface area contributed by atoms with Gasteiger partial charge >= 0.3 is 17.9 Å². The molecule has 6 nitrogen and oxygen atoms in total. The minimum atomic E-state index is -0.815. The Morgan fingerprint density at radius 1 is 0.259 bits per heavy atom. The second-order valence-corrected chi connectivity index (χ2v) is 22.0. The predicted octanol–water partition coefficient (Wildman–Crippen LogP) is 23.3. The Bertz CT molecular complexity index is 1720.